The Morgan fingerprint density at radius 3 is 2.90 bits per heavy atom. The van der Waals surface area contributed by atoms with E-state index >= 15 is 0 Å². The molecule has 108 valence electrons. The first-order chi connectivity index (χ1) is 9.34. The van der Waals surface area contributed by atoms with Gasteiger partial charge in [0.05, 0.1) is 24.8 Å². The van der Waals surface area contributed by atoms with Gasteiger partial charge in [-0.25, -0.2) is 0 Å². The molecule has 1 aliphatic heterocycles. The van der Waals surface area contributed by atoms with Crippen molar-refractivity contribution in [2.24, 2.45) is 5.41 Å². The van der Waals surface area contributed by atoms with E-state index < -0.39 is 17.4 Å². The number of hydrogen-bond acceptors (Lipinski definition) is 3. The Morgan fingerprint density at radius 1 is 1.55 bits per heavy atom. The largest absolute Gasteiger partial charge is 0.481 e. The van der Waals surface area contributed by atoms with Crippen molar-refractivity contribution in [3.63, 3.8) is 0 Å². The predicted octanol–water partition coefficient (Wildman–Crippen LogP) is 2.27. The van der Waals surface area contributed by atoms with E-state index in [9.17, 15) is 14.7 Å². The fraction of sp³-hybridized carbons (Fsp3) is 0.385. The Kier molecular flexibility index (Phi) is 4.70. The van der Waals surface area contributed by atoms with Crippen LogP contribution in [0.4, 0.5) is 0 Å². The van der Waals surface area contributed by atoms with E-state index in [1.54, 1.807) is 19.1 Å². The molecule has 1 amide bonds. The van der Waals surface area contributed by atoms with Crippen molar-refractivity contribution in [2.45, 2.75) is 13.0 Å². The first-order valence-corrected chi connectivity index (χ1v) is 7.79. The molecule has 1 aromatic rings. The fourth-order valence-electron chi connectivity index (χ4n) is 1.99. The standard InChI is InChI=1S/C13H13BrINO4/c1-13(12(18)19)6-20-5-10(13)16-11(17)8-4-7(15)2-3-9(8)14/h2-4,10H,5-6H2,1H3,(H,16,17)(H,18,19). The van der Waals surface area contributed by atoms with E-state index in [1.165, 1.54) is 0 Å². The van der Waals surface area contributed by atoms with Gasteiger partial charge in [0.1, 0.15) is 5.41 Å². The number of carbonyl (C=O) groups excluding carboxylic acids is 1. The number of rotatable bonds is 3. The Morgan fingerprint density at radius 2 is 2.25 bits per heavy atom. The lowest BCUT2D eigenvalue weighted by Crippen LogP contribution is -2.49. The number of benzene rings is 1. The fourth-order valence-corrected chi connectivity index (χ4v) is 2.91. The van der Waals surface area contributed by atoms with Crippen LogP contribution in [-0.2, 0) is 9.53 Å². The Hall–Kier alpha value is -0.670. The molecular weight excluding hydrogens is 441 g/mol. The van der Waals surface area contributed by atoms with Gasteiger partial charge in [-0.1, -0.05) is 0 Å². The number of ether oxygens (including phenoxy) is 1. The van der Waals surface area contributed by atoms with Crippen molar-refractivity contribution in [2.75, 3.05) is 13.2 Å². The Bertz CT molecular complexity index is 565. The number of amides is 1. The van der Waals surface area contributed by atoms with Crippen molar-refractivity contribution in [3.8, 4) is 0 Å². The summed E-state index contributed by atoms with van der Waals surface area (Å²) in [4.78, 5) is 23.6. The highest BCUT2D eigenvalue weighted by Gasteiger charge is 2.47. The molecule has 2 rings (SSSR count). The molecule has 0 spiro atoms. The molecule has 1 heterocycles. The summed E-state index contributed by atoms with van der Waals surface area (Å²) in [5.74, 6) is -1.28. The van der Waals surface area contributed by atoms with Crippen LogP contribution in [0.15, 0.2) is 22.7 Å². The second kappa shape index (κ2) is 5.98. The molecule has 7 heteroatoms. The van der Waals surface area contributed by atoms with Crippen LogP contribution in [0, 0.1) is 8.99 Å². The highest BCUT2D eigenvalue weighted by Crippen LogP contribution is 2.29. The van der Waals surface area contributed by atoms with Gasteiger partial charge in [0, 0.05) is 8.04 Å². The van der Waals surface area contributed by atoms with Gasteiger partial charge in [-0.3, -0.25) is 9.59 Å². The van der Waals surface area contributed by atoms with Crippen LogP contribution in [0.3, 0.4) is 0 Å². The molecule has 1 fully saturated rings. The van der Waals surface area contributed by atoms with Crippen molar-refractivity contribution in [1.29, 1.82) is 0 Å². The quantitative estimate of drug-likeness (QED) is 0.688. The third kappa shape index (κ3) is 2.99. The van der Waals surface area contributed by atoms with Gasteiger partial charge in [-0.2, -0.15) is 0 Å². The monoisotopic (exact) mass is 453 g/mol. The average Bonchev–Trinajstić information content (AvgIpc) is 2.75. The van der Waals surface area contributed by atoms with Crippen LogP contribution in [0.5, 0.6) is 0 Å². The zero-order valence-corrected chi connectivity index (χ0v) is 14.4. The normalized spacial score (nSPS) is 25.4. The lowest BCUT2D eigenvalue weighted by Gasteiger charge is -2.25. The van der Waals surface area contributed by atoms with Crippen LogP contribution >= 0.6 is 38.5 Å². The van der Waals surface area contributed by atoms with Gasteiger partial charge in [-0.05, 0) is 63.6 Å². The highest BCUT2D eigenvalue weighted by atomic mass is 127. The summed E-state index contributed by atoms with van der Waals surface area (Å²) in [5.41, 5.74) is -0.610. The van der Waals surface area contributed by atoms with E-state index in [0.29, 0.717) is 10.0 Å². The van der Waals surface area contributed by atoms with Gasteiger partial charge in [0.2, 0.25) is 0 Å². The van der Waals surface area contributed by atoms with Crippen molar-refractivity contribution < 1.29 is 19.4 Å². The molecule has 1 aromatic carbocycles. The van der Waals surface area contributed by atoms with Crippen LogP contribution in [0.25, 0.3) is 0 Å². The molecule has 1 aliphatic rings. The number of nitrogens with one attached hydrogen (secondary N) is 1. The molecule has 0 bridgehead atoms. The van der Waals surface area contributed by atoms with Crippen molar-refractivity contribution in [3.05, 3.63) is 31.8 Å². The minimum Gasteiger partial charge on any atom is -0.481 e. The van der Waals surface area contributed by atoms with Gasteiger partial charge >= 0.3 is 5.97 Å². The van der Waals surface area contributed by atoms with E-state index in [-0.39, 0.29) is 19.1 Å². The number of carbonyl (C=O) groups is 2. The van der Waals surface area contributed by atoms with Crippen LogP contribution in [-0.4, -0.2) is 36.2 Å². The Labute approximate surface area is 138 Å². The van der Waals surface area contributed by atoms with Crippen LogP contribution in [0.1, 0.15) is 17.3 Å². The van der Waals surface area contributed by atoms with E-state index in [4.69, 9.17) is 4.74 Å². The highest BCUT2D eigenvalue weighted by molar-refractivity contribution is 14.1. The summed E-state index contributed by atoms with van der Waals surface area (Å²) in [5, 5.41) is 12.0. The van der Waals surface area contributed by atoms with Crippen molar-refractivity contribution in [1.82, 2.24) is 5.32 Å². The number of hydrogen-bond donors (Lipinski definition) is 2. The molecule has 2 N–H and O–H groups in total. The summed E-state index contributed by atoms with van der Waals surface area (Å²) < 4.78 is 6.82. The molecule has 0 aromatic heterocycles. The summed E-state index contributed by atoms with van der Waals surface area (Å²) in [6.45, 7) is 1.88. The van der Waals surface area contributed by atoms with E-state index in [0.717, 1.165) is 3.57 Å². The summed E-state index contributed by atoms with van der Waals surface area (Å²) in [6.07, 6.45) is 0. The number of halogens is 2. The van der Waals surface area contributed by atoms with E-state index in [2.05, 4.69) is 43.8 Å². The molecule has 0 radical (unpaired) electrons. The number of carboxylic acid groups (broad SMARTS) is 1. The predicted molar refractivity (Wildman–Crippen MR) is 84.7 cm³/mol. The molecule has 2 atom stereocenters. The summed E-state index contributed by atoms with van der Waals surface area (Å²) >= 11 is 5.44. The molecule has 2 unspecified atom stereocenters. The second-order valence-electron chi connectivity index (χ2n) is 4.89. The van der Waals surface area contributed by atoms with Gasteiger partial charge < -0.3 is 15.2 Å². The van der Waals surface area contributed by atoms with Crippen molar-refractivity contribution >= 4 is 50.4 Å². The minimum atomic E-state index is -1.09. The van der Waals surface area contributed by atoms with Crippen LogP contribution in [0.2, 0.25) is 0 Å². The molecule has 0 saturated carbocycles. The number of carboxylic acids is 1. The molecule has 1 saturated heterocycles. The van der Waals surface area contributed by atoms with Gasteiger partial charge in [0.15, 0.2) is 0 Å². The molecule has 0 aliphatic carbocycles. The zero-order chi connectivity index (χ0) is 14.9. The topological polar surface area (TPSA) is 75.6 Å². The molecule has 20 heavy (non-hydrogen) atoms. The third-order valence-electron chi connectivity index (χ3n) is 3.42. The lowest BCUT2D eigenvalue weighted by molar-refractivity contribution is -0.148. The van der Waals surface area contributed by atoms with Gasteiger partial charge in [0.25, 0.3) is 5.91 Å². The summed E-state index contributed by atoms with van der Waals surface area (Å²) in [7, 11) is 0. The number of aliphatic carboxylic acids is 1. The molecular formula is C13H13BrINO4. The SMILES string of the molecule is CC1(C(=O)O)COCC1NC(=O)c1cc(I)ccc1Br. The zero-order valence-electron chi connectivity index (χ0n) is 10.7. The van der Waals surface area contributed by atoms with E-state index in [1.807, 2.05) is 6.07 Å². The molecule has 5 nitrogen and oxygen atoms in total. The Balaban J connectivity index is 2.19. The van der Waals surface area contributed by atoms with Gasteiger partial charge in [-0.15, -0.1) is 0 Å². The lowest BCUT2D eigenvalue weighted by atomic mass is 9.85. The smallest absolute Gasteiger partial charge is 0.313 e. The maximum Gasteiger partial charge on any atom is 0.313 e. The minimum absolute atomic E-state index is 0.0980. The first-order valence-electron chi connectivity index (χ1n) is 5.91. The van der Waals surface area contributed by atoms with Crippen LogP contribution < -0.4 is 5.32 Å². The first kappa shape index (κ1) is 15.7. The third-order valence-corrected chi connectivity index (χ3v) is 4.78. The maximum atomic E-state index is 12.3. The maximum absolute atomic E-state index is 12.3. The average molecular weight is 454 g/mol. The summed E-state index contributed by atoms with van der Waals surface area (Å²) in [6, 6.07) is 4.87. The second-order valence-corrected chi connectivity index (χ2v) is 6.99.